The van der Waals surface area contributed by atoms with E-state index in [1.54, 1.807) is 0 Å². The molecular formula is C11H21NS. The first-order chi connectivity index (χ1) is 6.11. The number of allylic oxidation sites excluding steroid dienone is 1. The molecule has 0 aromatic carbocycles. The molecule has 0 aromatic heterocycles. The molecule has 13 heavy (non-hydrogen) atoms. The minimum atomic E-state index is 0.470. The first kappa shape index (κ1) is 12.6. The van der Waals surface area contributed by atoms with Gasteiger partial charge < -0.3 is 5.32 Å². The maximum absolute atomic E-state index is 4.04. The largest absolute Gasteiger partial charge is 0.388 e. The molecule has 0 heterocycles. The molecule has 1 nitrogen and oxygen atoms in total. The molecule has 1 N–H and O–H groups in total. The molecule has 0 fully saturated rings. The molecule has 0 rings (SSSR count). The van der Waals surface area contributed by atoms with Crippen LogP contribution in [-0.2, 0) is 0 Å². The van der Waals surface area contributed by atoms with E-state index in [0.29, 0.717) is 10.5 Å². The lowest BCUT2D eigenvalue weighted by Crippen LogP contribution is -2.21. The second kappa shape index (κ2) is 7.07. The predicted molar refractivity (Wildman–Crippen MR) is 64.1 cm³/mol. The smallest absolute Gasteiger partial charge is 0.0475 e. The molecule has 0 aromatic rings. The van der Waals surface area contributed by atoms with Crippen molar-refractivity contribution in [2.75, 3.05) is 6.54 Å². The van der Waals surface area contributed by atoms with Crippen LogP contribution in [0.4, 0.5) is 0 Å². The maximum atomic E-state index is 4.04. The van der Waals surface area contributed by atoms with Crippen molar-refractivity contribution in [3.63, 3.8) is 0 Å². The second-order valence-corrected chi connectivity index (χ2v) is 5.04. The lowest BCUT2D eigenvalue weighted by molar-refractivity contribution is 0.794. The minimum absolute atomic E-state index is 0.470. The second-order valence-electron chi connectivity index (χ2n) is 3.25. The van der Waals surface area contributed by atoms with E-state index in [2.05, 4.69) is 39.2 Å². The molecule has 0 bridgehead atoms. The summed E-state index contributed by atoms with van der Waals surface area (Å²) < 4.78 is 0. The van der Waals surface area contributed by atoms with Gasteiger partial charge in [0.15, 0.2) is 0 Å². The Bertz CT molecular complexity index is 163. The van der Waals surface area contributed by atoms with Crippen molar-refractivity contribution in [3.8, 4) is 0 Å². The summed E-state index contributed by atoms with van der Waals surface area (Å²) in [5.74, 6) is 0. The van der Waals surface area contributed by atoms with Crippen LogP contribution >= 0.6 is 11.8 Å². The molecular weight excluding hydrogens is 178 g/mol. The average Bonchev–Trinajstić information content (AvgIpc) is 2.03. The Morgan fingerprint density at radius 3 is 2.54 bits per heavy atom. The van der Waals surface area contributed by atoms with Gasteiger partial charge in [-0.2, -0.15) is 0 Å². The van der Waals surface area contributed by atoms with Gasteiger partial charge in [0.25, 0.3) is 0 Å². The zero-order valence-electron chi connectivity index (χ0n) is 8.97. The zero-order chi connectivity index (χ0) is 10.3. The standard InChI is InChI=1S/C11H21NS/c1-6-8-11(13-9(3)4)10(5)12-7-2/h6,9,11-12H,1,5,7-8H2,2-4H3. The van der Waals surface area contributed by atoms with Gasteiger partial charge in [0.1, 0.15) is 0 Å². The van der Waals surface area contributed by atoms with Crippen LogP contribution in [0.5, 0.6) is 0 Å². The van der Waals surface area contributed by atoms with Gasteiger partial charge in [-0.15, -0.1) is 18.3 Å². The lowest BCUT2D eigenvalue weighted by Gasteiger charge is -2.20. The third-order valence-electron chi connectivity index (χ3n) is 1.61. The highest BCUT2D eigenvalue weighted by Gasteiger charge is 2.12. The Labute approximate surface area is 86.7 Å². The van der Waals surface area contributed by atoms with E-state index in [-0.39, 0.29) is 0 Å². The van der Waals surface area contributed by atoms with Gasteiger partial charge in [-0.25, -0.2) is 0 Å². The number of hydrogen-bond donors (Lipinski definition) is 1. The van der Waals surface area contributed by atoms with Crippen LogP contribution in [0.3, 0.4) is 0 Å². The molecule has 0 spiro atoms. The molecule has 1 atom stereocenters. The third kappa shape index (κ3) is 5.81. The lowest BCUT2D eigenvalue weighted by atomic mass is 10.2. The Kier molecular flexibility index (Phi) is 6.87. The van der Waals surface area contributed by atoms with Gasteiger partial charge in [0, 0.05) is 17.5 Å². The number of nitrogens with one attached hydrogen (secondary N) is 1. The topological polar surface area (TPSA) is 12.0 Å². The molecule has 0 aliphatic rings. The van der Waals surface area contributed by atoms with Crippen LogP contribution in [0, 0.1) is 0 Å². The van der Waals surface area contributed by atoms with Crippen LogP contribution in [0.15, 0.2) is 24.9 Å². The SMILES string of the molecule is C=CCC(SC(C)C)C(=C)NCC. The average molecular weight is 199 g/mol. The monoisotopic (exact) mass is 199 g/mol. The molecule has 0 amide bonds. The molecule has 0 aliphatic carbocycles. The van der Waals surface area contributed by atoms with E-state index in [1.165, 1.54) is 0 Å². The van der Waals surface area contributed by atoms with Crippen LogP contribution in [-0.4, -0.2) is 17.0 Å². The zero-order valence-corrected chi connectivity index (χ0v) is 9.79. The van der Waals surface area contributed by atoms with E-state index < -0.39 is 0 Å². The van der Waals surface area contributed by atoms with Crippen LogP contribution < -0.4 is 5.32 Å². The minimum Gasteiger partial charge on any atom is -0.388 e. The Morgan fingerprint density at radius 2 is 2.15 bits per heavy atom. The summed E-state index contributed by atoms with van der Waals surface area (Å²) in [6, 6.07) is 0. The fourth-order valence-corrected chi connectivity index (χ4v) is 2.25. The van der Waals surface area contributed by atoms with E-state index >= 15 is 0 Å². The fraction of sp³-hybridized carbons (Fsp3) is 0.636. The van der Waals surface area contributed by atoms with E-state index in [9.17, 15) is 0 Å². The van der Waals surface area contributed by atoms with E-state index in [4.69, 9.17) is 0 Å². The number of rotatable bonds is 7. The molecule has 1 unspecified atom stereocenters. The summed E-state index contributed by atoms with van der Waals surface area (Å²) in [6.07, 6.45) is 2.96. The molecule has 2 heteroatoms. The van der Waals surface area contributed by atoms with Gasteiger partial charge >= 0.3 is 0 Å². The molecule has 0 aliphatic heterocycles. The normalized spacial score (nSPS) is 12.6. The van der Waals surface area contributed by atoms with Crippen molar-refractivity contribution in [1.29, 1.82) is 0 Å². The maximum Gasteiger partial charge on any atom is 0.0475 e. The summed E-state index contributed by atoms with van der Waals surface area (Å²) in [5.41, 5.74) is 1.13. The molecule has 0 saturated heterocycles. The summed E-state index contributed by atoms with van der Waals surface area (Å²) >= 11 is 1.94. The number of hydrogen-bond acceptors (Lipinski definition) is 2. The first-order valence-corrected chi connectivity index (χ1v) is 5.75. The quantitative estimate of drug-likeness (QED) is 0.632. The summed E-state index contributed by atoms with van der Waals surface area (Å²) in [4.78, 5) is 0. The molecule has 0 saturated carbocycles. The van der Waals surface area contributed by atoms with Gasteiger partial charge in [0.05, 0.1) is 0 Å². The van der Waals surface area contributed by atoms with Crippen LogP contribution in [0.25, 0.3) is 0 Å². The predicted octanol–water partition coefficient (Wildman–Crippen LogP) is 3.20. The Balaban J connectivity index is 4.05. The van der Waals surface area contributed by atoms with Crippen molar-refractivity contribution in [1.82, 2.24) is 5.32 Å². The van der Waals surface area contributed by atoms with Gasteiger partial charge in [-0.3, -0.25) is 0 Å². The van der Waals surface area contributed by atoms with Crippen molar-refractivity contribution >= 4 is 11.8 Å². The molecule has 0 radical (unpaired) electrons. The Morgan fingerprint density at radius 1 is 1.54 bits per heavy atom. The highest BCUT2D eigenvalue weighted by atomic mass is 32.2. The summed E-state index contributed by atoms with van der Waals surface area (Å²) in [6.45, 7) is 15.3. The van der Waals surface area contributed by atoms with E-state index in [1.807, 2.05) is 17.8 Å². The fourth-order valence-electron chi connectivity index (χ4n) is 1.10. The summed E-state index contributed by atoms with van der Waals surface area (Å²) in [7, 11) is 0. The van der Waals surface area contributed by atoms with Crippen molar-refractivity contribution in [3.05, 3.63) is 24.9 Å². The van der Waals surface area contributed by atoms with Crippen molar-refractivity contribution in [2.24, 2.45) is 0 Å². The van der Waals surface area contributed by atoms with Crippen molar-refractivity contribution in [2.45, 2.75) is 37.7 Å². The third-order valence-corrected chi connectivity index (χ3v) is 2.96. The Hall–Kier alpha value is -0.370. The summed E-state index contributed by atoms with van der Waals surface area (Å²) in [5, 5.41) is 4.38. The van der Waals surface area contributed by atoms with Gasteiger partial charge in [-0.1, -0.05) is 26.5 Å². The van der Waals surface area contributed by atoms with Crippen molar-refractivity contribution < 1.29 is 0 Å². The van der Waals surface area contributed by atoms with Gasteiger partial charge in [0.2, 0.25) is 0 Å². The number of thioether (sulfide) groups is 1. The van der Waals surface area contributed by atoms with Crippen LogP contribution in [0.1, 0.15) is 27.2 Å². The highest BCUT2D eigenvalue weighted by Crippen LogP contribution is 2.24. The van der Waals surface area contributed by atoms with Crippen LogP contribution in [0.2, 0.25) is 0 Å². The molecule has 76 valence electrons. The van der Waals surface area contributed by atoms with E-state index in [0.717, 1.165) is 18.7 Å². The first-order valence-electron chi connectivity index (χ1n) is 4.80. The highest BCUT2D eigenvalue weighted by molar-refractivity contribution is 8.00. The van der Waals surface area contributed by atoms with Gasteiger partial charge in [-0.05, 0) is 18.6 Å².